The first kappa shape index (κ1) is 15.3. The fraction of sp³-hybridized carbons (Fsp3) is 0.375. The lowest BCUT2D eigenvalue weighted by Gasteiger charge is -2.17. The molecule has 0 saturated carbocycles. The highest BCUT2D eigenvalue weighted by Gasteiger charge is 2.10. The third-order valence-corrected chi connectivity index (χ3v) is 3.28. The van der Waals surface area contributed by atoms with E-state index in [4.69, 9.17) is 5.73 Å². The molecule has 0 aromatic carbocycles. The van der Waals surface area contributed by atoms with Gasteiger partial charge < -0.3 is 16.0 Å². The second-order valence-electron chi connectivity index (χ2n) is 5.55. The molecule has 2 heterocycles. The van der Waals surface area contributed by atoms with Crippen LogP contribution < -0.4 is 11.1 Å². The molecular formula is C16H22N4O. The number of nitrogens with one attached hydrogen (secondary N) is 2. The van der Waals surface area contributed by atoms with E-state index in [0.717, 1.165) is 23.0 Å². The van der Waals surface area contributed by atoms with Crippen LogP contribution in [0.5, 0.6) is 0 Å². The second-order valence-corrected chi connectivity index (χ2v) is 5.55. The number of fused-ring (bicyclic) bond motifs is 1. The highest BCUT2D eigenvalue weighted by atomic mass is 16.1. The predicted octanol–water partition coefficient (Wildman–Crippen LogP) is 2.07. The summed E-state index contributed by atoms with van der Waals surface area (Å²) < 4.78 is 0. The summed E-state index contributed by atoms with van der Waals surface area (Å²) in [5.74, 6) is 0.381. The predicted molar refractivity (Wildman–Crippen MR) is 85.6 cm³/mol. The van der Waals surface area contributed by atoms with Crippen molar-refractivity contribution in [1.29, 1.82) is 0 Å². The number of amides is 1. The Morgan fingerprint density at radius 3 is 3.05 bits per heavy atom. The molecular weight excluding hydrogens is 264 g/mol. The summed E-state index contributed by atoms with van der Waals surface area (Å²) in [6.07, 6.45) is 7.79. The number of pyridine rings is 1. The maximum atomic E-state index is 11.9. The maximum absolute atomic E-state index is 11.9. The Morgan fingerprint density at radius 2 is 2.33 bits per heavy atom. The molecule has 1 atom stereocenters. The van der Waals surface area contributed by atoms with E-state index in [-0.39, 0.29) is 11.9 Å². The minimum atomic E-state index is -0.121. The van der Waals surface area contributed by atoms with Crippen molar-refractivity contribution in [1.82, 2.24) is 15.3 Å². The summed E-state index contributed by atoms with van der Waals surface area (Å²) in [4.78, 5) is 19.2. The number of aromatic nitrogens is 2. The van der Waals surface area contributed by atoms with Gasteiger partial charge in [-0.3, -0.25) is 4.79 Å². The van der Waals surface area contributed by atoms with Crippen LogP contribution in [0.4, 0.5) is 0 Å². The lowest BCUT2D eigenvalue weighted by atomic mass is 10.0. The van der Waals surface area contributed by atoms with Crippen molar-refractivity contribution < 1.29 is 4.79 Å². The van der Waals surface area contributed by atoms with Gasteiger partial charge >= 0.3 is 0 Å². The van der Waals surface area contributed by atoms with Gasteiger partial charge in [0.2, 0.25) is 5.91 Å². The number of H-pyrrole nitrogens is 1. The Hall–Kier alpha value is -2.14. The van der Waals surface area contributed by atoms with Crippen molar-refractivity contribution in [2.45, 2.75) is 26.3 Å². The zero-order valence-electron chi connectivity index (χ0n) is 12.5. The first-order valence-corrected chi connectivity index (χ1v) is 7.21. The summed E-state index contributed by atoms with van der Waals surface area (Å²) in [6, 6.07) is 3.87. The van der Waals surface area contributed by atoms with Gasteiger partial charge in [-0.2, -0.15) is 0 Å². The molecule has 0 saturated heterocycles. The number of nitrogens with two attached hydrogens (primary N) is 1. The normalized spacial score (nSPS) is 13.1. The van der Waals surface area contributed by atoms with Crippen molar-refractivity contribution in [3.8, 4) is 0 Å². The van der Waals surface area contributed by atoms with Crippen LogP contribution in [0.25, 0.3) is 17.1 Å². The molecule has 5 heteroatoms. The summed E-state index contributed by atoms with van der Waals surface area (Å²) >= 11 is 0. The van der Waals surface area contributed by atoms with Gasteiger partial charge in [-0.15, -0.1) is 0 Å². The Bertz CT molecular complexity index is 630. The van der Waals surface area contributed by atoms with Gasteiger partial charge in [0.05, 0.1) is 0 Å². The third kappa shape index (κ3) is 4.16. The second kappa shape index (κ2) is 7.04. The van der Waals surface area contributed by atoms with E-state index < -0.39 is 0 Å². The molecule has 0 radical (unpaired) electrons. The van der Waals surface area contributed by atoms with E-state index in [1.54, 1.807) is 18.3 Å². The molecule has 112 valence electrons. The number of rotatable bonds is 6. The van der Waals surface area contributed by atoms with E-state index in [9.17, 15) is 4.79 Å². The molecule has 0 bridgehead atoms. The lowest BCUT2D eigenvalue weighted by Crippen LogP contribution is -2.40. The van der Waals surface area contributed by atoms with Crippen LogP contribution >= 0.6 is 0 Å². The van der Waals surface area contributed by atoms with Crippen LogP contribution in [-0.4, -0.2) is 28.5 Å². The van der Waals surface area contributed by atoms with Gasteiger partial charge in [-0.05, 0) is 30.5 Å². The molecule has 4 N–H and O–H groups in total. The minimum absolute atomic E-state index is 0.0202. The van der Waals surface area contributed by atoms with Crippen LogP contribution in [0.2, 0.25) is 0 Å². The highest BCUT2D eigenvalue weighted by molar-refractivity contribution is 5.95. The average molecular weight is 286 g/mol. The van der Waals surface area contributed by atoms with Gasteiger partial charge in [-0.1, -0.05) is 13.8 Å². The molecule has 1 amide bonds. The Balaban J connectivity index is 2.01. The Labute approximate surface area is 124 Å². The summed E-state index contributed by atoms with van der Waals surface area (Å²) in [6.45, 7) is 4.68. The molecule has 0 spiro atoms. The first-order chi connectivity index (χ1) is 10.1. The quantitative estimate of drug-likeness (QED) is 0.711. The topological polar surface area (TPSA) is 83.8 Å². The van der Waals surface area contributed by atoms with E-state index >= 15 is 0 Å². The molecule has 2 rings (SSSR count). The van der Waals surface area contributed by atoms with Crippen LogP contribution in [0, 0.1) is 5.92 Å². The average Bonchev–Trinajstić information content (AvgIpc) is 2.87. The van der Waals surface area contributed by atoms with Crippen LogP contribution in [-0.2, 0) is 4.79 Å². The molecule has 0 aliphatic heterocycles. The van der Waals surface area contributed by atoms with Crippen molar-refractivity contribution in [3.63, 3.8) is 0 Å². The zero-order chi connectivity index (χ0) is 15.2. The zero-order valence-corrected chi connectivity index (χ0v) is 12.5. The van der Waals surface area contributed by atoms with Crippen molar-refractivity contribution >= 4 is 23.0 Å². The molecule has 21 heavy (non-hydrogen) atoms. The Kier molecular flexibility index (Phi) is 5.11. The third-order valence-electron chi connectivity index (χ3n) is 3.28. The molecule has 2 aromatic heterocycles. The van der Waals surface area contributed by atoms with Crippen LogP contribution in [0.3, 0.4) is 0 Å². The van der Waals surface area contributed by atoms with Crippen molar-refractivity contribution in [2.24, 2.45) is 11.7 Å². The Morgan fingerprint density at radius 1 is 1.52 bits per heavy atom. The largest absolute Gasteiger partial charge is 0.349 e. The number of nitrogens with zero attached hydrogens (tertiary/aromatic N) is 1. The van der Waals surface area contributed by atoms with Crippen molar-refractivity contribution in [3.05, 3.63) is 36.2 Å². The number of hydrogen-bond donors (Lipinski definition) is 3. The smallest absolute Gasteiger partial charge is 0.244 e. The van der Waals surface area contributed by atoms with Crippen LogP contribution in [0.15, 0.2) is 30.6 Å². The molecule has 0 fully saturated rings. The fourth-order valence-corrected chi connectivity index (χ4v) is 2.31. The monoisotopic (exact) mass is 286 g/mol. The molecule has 5 nitrogen and oxygen atoms in total. The van der Waals surface area contributed by atoms with Gasteiger partial charge in [-0.25, -0.2) is 4.98 Å². The van der Waals surface area contributed by atoms with Crippen LogP contribution in [0.1, 0.15) is 25.8 Å². The number of aromatic amines is 1. The van der Waals surface area contributed by atoms with E-state index in [1.807, 2.05) is 18.3 Å². The molecule has 0 unspecified atom stereocenters. The van der Waals surface area contributed by atoms with Crippen molar-refractivity contribution in [2.75, 3.05) is 6.54 Å². The maximum Gasteiger partial charge on any atom is 0.244 e. The van der Waals surface area contributed by atoms with Gasteiger partial charge in [0, 0.05) is 42.0 Å². The summed E-state index contributed by atoms with van der Waals surface area (Å²) in [7, 11) is 0. The van der Waals surface area contributed by atoms with E-state index in [1.165, 1.54) is 0 Å². The molecule has 2 aromatic rings. The van der Waals surface area contributed by atoms with Gasteiger partial charge in [0.25, 0.3) is 0 Å². The van der Waals surface area contributed by atoms with E-state index in [2.05, 4.69) is 29.1 Å². The summed E-state index contributed by atoms with van der Waals surface area (Å²) in [5, 5.41) is 3.93. The minimum Gasteiger partial charge on any atom is -0.349 e. The first-order valence-electron chi connectivity index (χ1n) is 7.21. The number of carbonyl (C=O) groups is 1. The fourth-order valence-electron chi connectivity index (χ4n) is 2.31. The lowest BCUT2D eigenvalue weighted by molar-refractivity contribution is -0.117. The SMILES string of the molecule is CC(C)C[C@@H](CN)NC(=O)C=Cc1c[nH]c2ncccc12. The van der Waals surface area contributed by atoms with Gasteiger partial charge in [0.1, 0.15) is 5.65 Å². The van der Waals surface area contributed by atoms with E-state index in [0.29, 0.717) is 12.5 Å². The molecule has 0 aliphatic rings. The van der Waals surface area contributed by atoms with Gasteiger partial charge in [0.15, 0.2) is 0 Å². The summed E-state index contributed by atoms with van der Waals surface area (Å²) in [5.41, 5.74) is 7.45. The highest BCUT2D eigenvalue weighted by Crippen LogP contribution is 2.16. The standard InChI is InChI=1S/C16H22N4O/c1-11(2)8-13(9-17)20-15(21)6-5-12-10-19-16-14(12)4-3-7-18-16/h3-7,10-11,13H,8-9,17H2,1-2H3,(H,18,19)(H,20,21)/t13-/m0/s1. The number of carbonyl (C=O) groups excluding carboxylic acids is 1. The number of hydrogen-bond acceptors (Lipinski definition) is 3. The molecule has 0 aliphatic carbocycles.